The standard InChI is InChI=1S/C18H18N2O3/c1-12-5-3-7-14(9-12)20-17(21)11-16(18(20)22)19-13-6-4-8-15(10-13)23-2/h3-10,16,19H,11H2,1-2H3/t16-/m1/s1. The van der Waals surface area contributed by atoms with Crippen LogP contribution in [-0.4, -0.2) is 25.0 Å². The summed E-state index contributed by atoms with van der Waals surface area (Å²) in [6, 6.07) is 14.1. The van der Waals surface area contributed by atoms with Crippen molar-refractivity contribution in [2.45, 2.75) is 19.4 Å². The largest absolute Gasteiger partial charge is 0.497 e. The first-order valence-corrected chi connectivity index (χ1v) is 7.42. The minimum atomic E-state index is -0.560. The second kappa shape index (κ2) is 6.12. The number of amides is 2. The third-order valence-corrected chi connectivity index (χ3v) is 3.82. The Morgan fingerprint density at radius 3 is 2.65 bits per heavy atom. The molecule has 1 fully saturated rings. The summed E-state index contributed by atoms with van der Waals surface area (Å²) in [6.07, 6.45) is 0.143. The Hall–Kier alpha value is -2.82. The lowest BCUT2D eigenvalue weighted by atomic mass is 10.2. The molecular weight excluding hydrogens is 292 g/mol. The van der Waals surface area contributed by atoms with E-state index in [-0.39, 0.29) is 18.2 Å². The lowest BCUT2D eigenvalue weighted by molar-refractivity contribution is -0.121. The van der Waals surface area contributed by atoms with Crippen molar-refractivity contribution in [1.29, 1.82) is 0 Å². The number of carbonyl (C=O) groups is 2. The summed E-state index contributed by atoms with van der Waals surface area (Å²) < 4.78 is 5.17. The number of anilines is 2. The maximum Gasteiger partial charge on any atom is 0.256 e. The Labute approximate surface area is 134 Å². The highest BCUT2D eigenvalue weighted by Gasteiger charge is 2.39. The molecule has 5 nitrogen and oxygen atoms in total. The van der Waals surface area contributed by atoms with Crippen LogP contribution >= 0.6 is 0 Å². The third-order valence-electron chi connectivity index (χ3n) is 3.82. The number of carbonyl (C=O) groups excluding carboxylic acids is 2. The van der Waals surface area contributed by atoms with Gasteiger partial charge in [-0.25, -0.2) is 4.90 Å². The van der Waals surface area contributed by atoms with Gasteiger partial charge in [-0.1, -0.05) is 18.2 Å². The van der Waals surface area contributed by atoms with Crippen LogP contribution in [0.4, 0.5) is 11.4 Å². The molecule has 1 atom stereocenters. The van der Waals surface area contributed by atoms with Crippen molar-refractivity contribution in [2.24, 2.45) is 0 Å². The highest BCUT2D eigenvalue weighted by molar-refractivity contribution is 6.23. The highest BCUT2D eigenvalue weighted by Crippen LogP contribution is 2.26. The fourth-order valence-corrected chi connectivity index (χ4v) is 2.70. The zero-order valence-corrected chi connectivity index (χ0v) is 13.1. The Bertz CT molecular complexity index is 757. The lowest BCUT2D eigenvalue weighted by Crippen LogP contribution is -2.34. The van der Waals surface area contributed by atoms with Crippen LogP contribution < -0.4 is 15.0 Å². The number of rotatable bonds is 4. The van der Waals surface area contributed by atoms with Crippen LogP contribution in [0.5, 0.6) is 5.75 Å². The molecule has 118 valence electrons. The first-order chi connectivity index (χ1) is 11.1. The van der Waals surface area contributed by atoms with Gasteiger partial charge < -0.3 is 10.1 Å². The molecule has 3 rings (SSSR count). The normalized spacial score (nSPS) is 17.5. The van der Waals surface area contributed by atoms with Crippen molar-refractivity contribution in [3.63, 3.8) is 0 Å². The van der Waals surface area contributed by atoms with Gasteiger partial charge in [0.25, 0.3) is 5.91 Å². The van der Waals surface area contributed by atoms with Crippen molar-refractivity contribution in [1.82, 2.24) is 0 Å². The number of nitrogens with one attached hydrogen (secondary N) is 1. The van der Waals surface area contributed by atoms with Crippen LogP contribution in [-0.2, 0) is 9.59 Å². The van der Waals surface area contributed by atoms with Gasteiger partial charge in [-0.05, 0) is 36.8 Å². The highest BCUT2D eigenvalue weighted by atomic mass is 16.5. The molecule has 1 N–H and O–H groups in total. The summed E-state index contributed by atoms with van der Waals surface area (Å²) in [7, 11) is 1.59. The quantitative estimate of drug-likeness (QED) is 0.882. The molecule has 5 heteroatoms. The minimum absolute atomic E-state index is 0.143. The van der Waals surface area contributed by atoms with Crippen LogP contribution in [0.15, 0.2) is 48.5 Å². The third kappa shape index (κ3) is 3.04. The van der Waals surface area contributed by atoms with Gasteiger partial charge in [-0.15, -0.1) is 0 Å². The van der Waals surface area contributed by atoms with Gasteiger partial charge in [-0.3, -0.25) is 9.59 Å². The molecule has 1 saturated heterocycles. The number of hydrogen-bond donors (Lipinski definition) is 1. The number of ether oxygens (including phenoxy) is 1. The van der Waals surface area contributed by atoms with Gasteiger partial charge in [0.15, 0.2) is 0 Å². The molecule has 0 aliphatic carbocycles. The monoisotopic (exact) mass is 310 g/mol. The zero-order valence-electron chi connectivity index (χ0n) is 13.1. The van der Waals surface area contributed by atoms with Crippen molar-refractivity contribution in [3.8, 4) is 5.75 Å². The van der Waals surface area contributed by atoms with Crippen molar-refractivity contribution in [2.75, 3.05) is 17.3 Å². The number of imide groups is 1. The van der Waals surface area contributed by atoms with Crippen LogP contribution in [0.25, 0.3) is 0 Å². The van der Waals surface area contributed by atoms with Gasteiger partial charge in [-0.2, -0.15) is 0 Å². The summed E-state index contributed by atoms with van der Waals surface area (Å²) in [6.45, 7) is 1.93. The van der Waals surface area contributed by atoms with Crippen molar-refractivity contribution >= 4 is 23.2 Å². The molecule has 0 aromatic heterocycles. The molecule has 0 spiro atoms. The Morgan fingerprint density at radius 2 is 1.91 bits per heavy atom. The summed E-state index contributed by atoms with van der Waals surface area (Å²) >= 11 is 0. The van der Waals surface area contributed by atoms with Crippen LogP contribution in [0, 0.1) is 6.92 Å². The average molecular weight is 310 g/mol. The molecule has 2 amide bonds. The van der Waals surface area contributed by atoms with E-state index in [2.05, 4.69) is 5.32 Å². The predicted octanol–water partition coefficient (Wildman–Crippen LogP) is 2.75. The number of benzene rings is 2. The zero-order chi connectivity index (χ0) is 16.4. The van der Waals surface area contributed by atoms with Gasteiger partial charge in [0.05, 0.1) is 19.2 Å². The van der Waals surface area contributed by atoms with E-state index in [1.54, 1.807) is 19.2 Å². The first-order valence-electron chi connectivity index (χ1n) is 7.42. The molecule has 0 unspecified atom stereocenters. The predicted molar refractivity (Wildman–Crippen MR) is 88.7 cm³/mol. The van der Waals surface area contributed by atoms with Gasteiger partial charge >= 0.3 is 0 Å². The topological polar surface area (TPSA) is 58.6 Å². The number of nitrogens with zero attached hydrogens (tertiary/aromatic N) is 1. The van der Waals surface area contributed by atoms with E-state index in [1.165, 1.54) is 4.90 Å². The summed E-state index contributed by atoms with van der Waals surface area (Å²) in [4.78, 5) is 26.1. The number of hydrogen-bond acceptors (Lipinski definition) is 4. The van der Waals surface area contributed by atoms with Crippen LogP contribution in [0.1, 0.15) is 12.0 Å². The van der Waals surface area contributed by atoms with E-state index >= 15 is 0 Å². The SMILES string of the molecule is COc1cccc(N[C@@H]2CC(=O)N(c3cccc(C)c3)C2=O)c1. The minimum Gasteiger partial charge on any atom is -0.497 e. The van der Waals surface area contributed by atoms with Crippen molar-refractivity contribution in [3.05, 3.63) is 54.1 Å². The second-order valence-corrected chi connectivity index (χ2v) is 5.54. The molecule has 0 radical (unpaired) electrons. The Morgan fingerprint density at radius 1 is 1.13 bits per heavy atom. The van der Waals surface area contributed by atoms with Crippen LogP contribution in [0.3, 0.4) is 0 Å². The molecule has 23 heavy (non-hydrogen) atoms. The molecule has 2 aromatic rings. The number of aryl methyl sites for hydroxylation is 1. The molecule has 1 aliphatic heterocycles. The molecule has 2 aromatic carbocycles. The van der Waals surface area contributed by atoms with Crippen LogP contribution in [0.2, 0.25) is 0 Å². The van der Waals surface area contributed by atoms with E-state index in [9.17, 15) is 9.59 Å². The molecule has 1 heterocycles. The van der Waals surface area contributed by atoms with E-state index < -0.39 is 6.04 Å². The molecule has 0 bridgehead atoms. The average Bonchev–Trinajstić information content (AvgIpc) is 2.81. The maximum atomic E-state index is 12.6. The Kier molecular flexibility index (Phi) is 4.02. The smallest absolute Gasteiger partial charge is 0.256 e. The lowest BCUT2D eigenvalue weighted by Gasteiger charge is -2.16. The fraction of sp³-hybridized carbons (Fsp3) is 0.222. The van der Waals surface area contributed by atoms with Gasteiger partial charge in [0.1, 0.15) is 11.8 Å². The van der Waals surface area contributed by atoms with E-state index in [0.29, 0.717) is 11.4 Å². The van der Waals surface area contributed by atoms with Gasteiger partial charge in [0.2, 0.25) is 5.91 Å². The molecular formula is C18H18N2O3. The van der Waals surface area contributed by atoms with E-state index in [0.717, 1.165) is 11.3 Å². The first kappa shape index (κ1) is 15.1. The molecule has 1 aliphatic rings. The maximum absolute atomic E-state index is 12.6. The summed E-state index contributed by atoms with van der Waals surface area (Å²) in [5.41, 5.74) is 2.38. The summed E-state index contributed by atoms with van der Waals surface area (Å²) in [5.74, 6) is 0.270. The molecule has 0 saturated carbocycles. The number of methoxy groups -OCH3 is 1. The second-order valence-electron chi connectivity index (χ2n) is 5.54. The van der Waals surface area contributed by atoms with Crippen molar-refractivity contribution < 1.29 is 14.3 Å². The summed E-state index contributed by atoms with van der Waals surface area (Å²) in [5, 5.41) is 3.12. The van der Waals surface area contributed by atoms with E-state index in [1.807, 2.05) is 43.3 Å². The van der Waals surface area contributed by atoms with E-state index in [4.69, 9.17) is 4.74 Å². The van der Waals surface area contributed by atoms with Gasteiger partial charge in [0, 0.05) is 11.8 Å². The Balaban J connectivity index is 1.81. The fourth-order valence-electron chi connectivity index (χ4n) is 2.70.